The van der Waals surface area contributed by atoms with Crippen LogP contribution in [-0.4, -0.2) is 36.5 Å². The van der Waals surface area contributed by atoms with Crippen molar-refractivity contribution in [3.63, 3.8) is 0 Å². The van der Waals surface area contributed by atoms with Crippen LogP contribution in [0, 0.1) is 0 Å². The van der Waals surface area contributed by atoms with E-state index in [4.69, 9.17) is 9.47 Å². The van der Waals surface area contributed by atoms with E-state index in [1.54, 1.807) is 54.6 Å². The van der Waals surface area contributed by atoms with E-state index >= 15 is 0 Å². The predicted octanol–water partition coefficient (Wildman–Crippen LogP) is 4.25. The van der Waals surface area contributed by atoms with Gasteiger partial charge in [-0.25, -0.2) is 0 Å². The summed E-state index contributed by atoms with van der Waals surface area (Å²) in [6, 6.07) is 22.6. The van der Waals surface area contributed by atoms with Crippen molar-refractivity contribution < 1.29 is 23.9 Å². The molecular weight excluding hydrogens is 446 g/mol. The molecule has 182 valence electrons. The van der Waals surface area contributed by atoms with E-state index in [1.165, 1.54) is 12.1 Å². The second-order valence-electron chi connectivity index (χ2n) is 8.80. The molecule has 0 aliphatic rings. The Hall–Kier alpha value is -4.33. The fraction of sp³-hybridized carbons (Fsp3) is 0.222. The quantitative estimate of drug-likeness (QED) is 0.429. The molecule has 0 atom stereocenters. The summed E-state index contributed by atoms with van der Waals surface area (Å²) in [7, 11) is 0. The van der Waals surface area contributed by atoms with Crippen molar-refractivity contribution in [2.24, 2.45) is 0 Å². The van der Waals surface area contributed by atoms with Gasteiger partial charge in [0.15, 0.2) is 13.2 Å². The van der Waals surface area contributed by atoms with Crippen LogP contribution < -0.4 is 25.4 Å². The fourth-order valence-corrected chi connectivity index (χ4v) is 3.04. The summed E-state index contributed by atoms with van der Waals surface area (Å²) in [6.45, 7) is 5.16. The van der Waals surface area contributed by atoms with E-state index in [9.17, 15) is 14.4 Å². The average molecular weight is 476 g/mol. The molecular formula is C27H29N3O5. The first kappa shape index (κ1) is 25.3. The third kappa shape index (κ3) is 8.85. The van der Waals surface area contributed by atoms with Gasteiger partial charge in [-0.15, -0.1) is 0 Å². The maximum atomic E-state index is 12.8. The Labute approximate surface area is 204 Å². The molecule has 8 nitrogen and oxygen atoms in total. The highest BCUT2D eigenvalue weighted by molar-refractivity contribution is 6.01. The number of rotatable bonds is 9. The molecule has 0 radical (unpaired) electrons. The minimum Gasteiger partial charge on any atom is -0.484 e. The Morgan fingerprint density at radius 2 is 1.11 bits per heavy atom. The van der Waals surface area contributed by atoms with Crippen molar-refractivity contribution in [3.05, 3.63) is 84.4 Å². The van der Waals surface area contributed by atoms with Gasteiger partial charge in [-0.2, -0.15) is 0 Å². The fourth-order valence-electron chi connectivity index (χ4n) is 3.04. The SMILES string of the molecule is CC(C)(C)NC(=O)c1cc(NC(=O)COc2ccccc2)cc(NC(=O)COc2ccccc2)c1. The Balaban J connectivity index is 1.71. The zero-order valence-electron chi connectivity index (χ0n) is 20.0. The smallest absolute Gasteiger partial charge is 0.262 e. The van der Waals surface area contributed by atoms with E-state index < -0.39 is 17.4 Å². The van der Waals surface area contributed by atoms with Gasteiger partial charge >= 0.3 is 0 Å². The third-order valence-corrected chi connectivity index (χ3v) is 4.48. The number of amides is 3. The number of benzene rings is 3. The molecule has 3 aromatic rings. The molecule has 0 bridgehead atoms. The summed E-state index contributed by atoms with van der Waals surface area (Å²) >= 11 is 0. The number of carbonyl (C=O) groups excluding carboxylic acids is 3. The van der Waals surface area contributed by atoms with Crippen molar-refractivity contribution in [1.29, 1.82) is 0 Å². The van der Waals surface area contributed by atoms with Crippen molar-refractivity contribution in [3.8, 4) is 11.5 Å². The number of ether oxygens (including phenoxy) is 2. The van der Waals surface area contributed by atoms with Crippen LogP contribution in [0.2, 0.25) is 0 Å². The number of nitrogens with one attached hydrogen (secondary N) is 3. The Morgan fingerprint density at radius 1 is 0.686 bits per heavy atom. The van der Waals surface area contributed by atoms with Crippen LogP contribution >= 0.6 is 0 Å². The molecule has 0 saturated carbocycles. The van der Waals surface area contributed by atoms with Crippen LogP contribution in [0.3, 0.4) is 0 Å². The molecule has 0 aromatic heterocycles. The third-order valence-electron chi connectivity index (χ3n) is 4.48. The van der Waals surface area contributed by atoms with E-state index in [0.29, 0.717) is 22.9 Å². The van der Waals surface area contributed by atoms with Gasteiger partial charge in [0.1, 0.15) is 11.5 Å². The molecule has 8 heteroatoms. The highest BCUT2D eigenvalue weighted by atomic mass is 16.5. The molecule has 0 aliphatic carbocycles. The van der Waals surface area contributed by atoms with Gasteiger partial charge in [0.25, 0.3) is 17.7 Å². The van der Waals surface area contributed by atoms with Crippen LogP contribution in [0.25, 0.3) is 0 Å². The molecule has 35 heavy (non-hydrogen) atoms. The van der Waals surface area contributed by atoms with E-state index in [2.05, 4.69) is 16.0 Å². The van der Waals surface area contributed by atoms with Crippen LogP contribution in [0.4, 0.5) is 11.4 Å². The van der Waals surface area contributed by atoms with Gasteiger partial charge in [0.2, 0.25) is 0 Å². The molecule has 3 aromatic carbocycles. The van der Waals surface area contributed by atoms with Crippen molar-refractivity contribution in [1.82, 2.24) is 5.32 Å². The second kappa shape index (κ2) is 11.7. The first-order valence-corrected chi connectivity index (χ1v) is 11.1. The minimum absolute atomic E-state index is 0.213. The second-order valence-corrected chi connectivity index (χ2v) is 8.80. The zero-order chi connectivity index (χ0) is 25.3. The predicted molar refractivity (Wildman–Crippen MR) is 135 cm³/mol. The van der Waals surface area contributed by atoms with Gasteiger partial charge in [0.05, 0.1) is 0 Å². The van der Waals surface area contributed by atoms with Gasteiger partial charge in [-0.05, 0) is 63.2 Å². The topological polar surface area (TPSA) is 106 Å². The molecule has 0 unspecified atom stereocenters. The maximum absolute atomic E-state index is 12.8. The molecule has 3 rings (SSSR count). The van der Waals surface area contributed by atoms with Crippen LogP contribution in [0.5, 0.6) is 11.5 Å². The van der Waals surface area contributed by atoms with Gasteiger partial charge < -0.3 is 25.4 Å². The van der Waals surface area contributed by atoms with Crippen LogP contribution in [-0.2, 0) is 9.59 Å². The van der Waals surface area contributed by atoms with E-state index in [-0.39, 0.29) is 24.7 Å². The number of hydrogen-bond acceptors (Lipinski definition) is 5. The van der Waals surface area contributed by atoms with Gasteiger partial charge in [-0.1, -0.05) is 36.4 Å². The molecule has 0 fully saturated rings. The van der Waals surface area contributed by atoms with E-state index in [0.717, 1.165) is 0 Å². The normalized spacial score (nSPS) is 10.7. The number of para-hydroxylation sites is 2. The van der Waals surface area contributed by atoms with Gasteiger partial charge in [0, 0.05) is 22.5 Å². The summed E-state index contributed by atoms with van der Waals surface area (Å²) in [4.78, 5) is 37.7. The van der Waals surface area contributed by atoms with Crippen molar-refractivity contribution >= 4 is 29.1 Å². The summed E-state index contributed by atoms with van der Waals surface area (Å²) in [5.41, 5.74) is 0.494. The molecule has 3 amide bonds. The standard InChI is InChI=1S/C27H29N3O5/c1-27(2,3)30-26(33)19-14-20(28-24(31)17-34-22-10-6-4-7-11-22)16-21(15-19)29-25(32)18-35-23-12-8-5-9-13-23/h4-16H,17-18H2,1-3H3,(H,28,31)(H,29,32)(H,30,33). The first-order chi connectivity index (χ1) is 16.7. The largest absolute Gasteiger partial charge is 0.484 e. The highest BCUT2D eigenvalue weighted by Gasteiger charge is 2.18. The summed E-state index contributed by atoms with van der Waals surface area (Å²) in [6.07, 6.45) is 0. The Bertz CT molecular complexity index is 1080. The van der Waals surface area contributed by atoms with E-state index in [1.807, 2.05) is 32.9 Å². The first-order valence-electron chi connectivity index (χ1n) is 11.1. The lowest BCUT2D eigenvalue weighted by molar-refractivity contribution is -0.118. The summed E-state index contributed by atoms with van der Waals surface area (Å²) < 4.78 is 10.9. The lowest BCUT2D eigenvalue weighted by Gasteiger charge is -2.21. The molecule has 3 N–H and O–H groups in total. The number of anilines is 2. The lowest BCUT2D eigenvalue weighted by atomic mass is 10.1. The molecule has 0 spiro atoms. The van der Waals surface area contributed by atoms with Crippen molar-refractivity contribution in [2.45, 2.75) is 26.3 Å². The molecule has 0 aliphatic heterocycles. The van der Waals surface area contributed by atoms with Crippen LogP contribution in [0.1, 0.15) is 31.1 Å². The summed E-state index contributed by atoms with van der Waals surface area (Å²) in [5, 5.41) is 8.31. The van der Waals surface area contributed by atoms with Crippen molar-refractivity contribution in [2.75, 3.05) is 23.8 Å². The zero-order valence-corrected chi connectivity index (χ0v) is 20.0. The average Bonchev–Trinajstić information content (AvgIpc) is 2.81. The molecule has 0 saturated heterocycles. The summed E-state index contributed by atoms with van der Waals surface area (Å²) in [5.74, 6) is -0.0383. The minimum atomic E-state index is -0.465. The lowest BCUT2D eigenvalue weighted by Crippen LogP contribution is -2.40. The highest BCUT2D eigenvalue weighted by Crippen LogP contribution is 2.21. The molecule has 0 heterocycles. The number of carbonyl (C=O) groups is 3. The Kier molecular flexibility index (Phi) is 8.45. The monoisotopic (exact) mass is 475 g/mol. The van der Waals surface area contributed by atoms with Crippen LogP contribution in [0.15, 0.2) is 78.9 Å². The van der Waals surface area contributed by atoms with Gasteiger partial charge in [-0.3, -0.25) is 14.4 Å². The maximum Gasteiger partial charge on any atom is 0.262 e. The number of hydrogen-bond donors (Lipinski definition) is 3. The Morgan fingerprint density at radius 3 is 1.51 bits per heavy atom.